The van der Waals surface area contributed by atoms with E-state index in [-0.39, 0.29) is 17.6 Å². The molecule has 6 heteroatoms. The van der Waals surface area contributed by atoms with Gasteiger partial charge < -0.3 is 20.6 Å². The summed E-state index contributed by atoms with van der Waals surface area (Å²) in [5.41, 5.74) is 6.16. The number of aromatic carboxylic acids is 1. The number of carboxylic acid groups (broad SMARTS) is 1. The highest BCUT2D eigenvalue weighted by Crippen LogP contribution is 2.24. The maximum atomic E-state index is 11.1. The van der Waals surface area contributed by atoms with Crippen LogP contribution in [0.15, 0.2) is 10.5 Å². The number of carboxylic acids is 1. The molecule has 0 aliphatic heterocycles. The Kier molecular flexibility index (Phi) is 4.44. The lowest BCUT2D eigenvalue weighted by Gasteiger charge is -2.27. The van der Waals surface area contributed by atoms with Gasteiger partial charge in [0.25, 0.3) is 0 Å². The van der Waals surface area contributed by atoms with Crippen molar-refractivity contribution < 1.29 is 19.1 Å². The number of rotatable bonds is 5. The van der Waals surface area contributed by atoms with E-state index in [1.54, 1.807) is 13.0 Å². The summed E-state index contributed by atoms with van der Waals surface area (Å²) in [6.07, 6.45) is 3.46. The van der Waals surface area contributed by atoms with Crippen molar-refractivity contribution >= 4 is 11.9 Å². The molecule has 0 unspecified atom stereocenters. The zero-order chi connectivity index (χ0) is 14.7. The Balaban J connectivity index is 1.84. The first-order chi connectivity index (χ1) is 9.47. The van der Waals surface area contributed by atoms with Crippen LogP contribution >= 0.6 is 0 Å². The minimum absolute atomic E-state index is 0.00215. The van der Waals surface area contributed by atoms with E-state index in [0.717, 1.165) is 31.2 Å². The van der Waals surface area contributed by atoms with Crippen LogP contribution in [0.5, 0.6) is 0 Å². The third-order valence-corrected chi connectivity index (χ3v) is 3.94. The van der Waals surface area contributed by atoms with Gasteiger partial charge in [-0.25, -0.2) is 4.79 Å². The van der Waals surface area contributed by atoms with Gasteiger partial charge in [-0.1, -0.05) is 0 Å². The Hall–Kier alpha value is -1.82. The number of carbonyl (C=O) groups is 2. The SMILES string of the molecule is Cc1oc(C(=O)O)cc1CNC1CCC(C(N)=O)CC1. The van der Waals surface area contributed by atoms with Crippen molar-refractivity contribution in [2.75, 3.05) is 0 Å². The zero-order valence-corrected chi connectivity index (χ0v) is 11.5. The zero-order valence-electron chi connectivity index (χ0n) is 11.5. The fourth-order valence-electron chi connectivity index (χ4n) is 2.64. The average Bonchev–Trinajstić information content (AvgIpc) is 2.78. The van der Waals surface area contributed by atoms with Crippen LogP contribution in [0, 0.1) is 12.8 Å². The lowest BCUT2D eigenvalue weighted by atomic mass is 9.85. The van der Waals surface area contributed by atoms with E-state index >= 15 is 0 Å². The smallest absolute Gasteiger partial charge is 0.371 e. The van der Waals surface area contributed by atoms with E-state index in [9.17, 15) is 9.59 Å². The summed E-state index contributed by atoms with van der Waals surface area (Å²) in [6, 6.07) is 1.90. The molecule has 0 atom stereocenters. The molecule has 0 saturated heterocycles. The molecule has 1 fully saturated rings. The van der Waals surface area contributed by atoms with Crippen molar-refractivity contribution in [3.8, 4) is 0 Å². The second-order valence-corrected chi connectivity index (χ2v) is 5.33. The minimum Gasteiger partial charge on any atom is -0.475 e. The number of furan rings is 1. The molecular weight excluding hydrogens is 260 g/mol. The van der Waals surface area contributed by atoms with Gasteiger partial charge in [-0.15, -0.1) is 0 Å². The number of nitrogens with two attached hydrogens (primary N) is 1. The molecule has 2 rings (SSSR count). The van der Waals surface area contributed by atoms with Gasteiger partial charge in [0.2, 0.25) is 11.7 Å². The highest BCUT2D eigenvalue weighted by molar-refractivity contribution is 5.84. The van der Waals surface area contributed by atoms with Gasteiger partial charge in [-0.2, -0.15) is 0 Å². The molecule has 20 heavy (non-hydrogen) atoms. The first-order valence-corrected chi connectivity index (χ1v) is 6.82. The summed E-state index contributed by atoms with van der Waals surface area (Å²) in [6.45, 7) is 2.34. The summed E-state index contributed by atoms with van der Waals surface area (Å²) in [4.78, 5) is 21.9. The molecule has 0 aromatic carbocycles. The molecular formula is C14H20N2O4. The summed E-state index contributed by atoms with van der Waals surface area (Å²) < 4.78 is 5.16. The van der Waals surface area contributed by atoms with Crippen LogP contribution in [0.2, 0.25) is 0 Å². The molecule has 6 nitrogen and oxygen atoms in total. The van der Waals surface area contributed by atoms with Gasteiger partial charge in [-0.05, 0) is 38.7 Å². The molecule has 1 aliphatic carbocycles. The normalized spacial score (nSPS) is 22.6. The number of primary amides is 1. The number of amides is 1. The number of hydrogen-bond acceptors (Lipinski definition) is 4. The van der Waals surface area contributed by atoms with Gasteiger partial charge in [0.1, 0.15) is 5.76 Å². The van der Waals surface area contributed by atoms with Gasteiger partial charge in [0, 0.05) is 24.1 Å². The Morgan fingerprint density at radius 1 is 1.40 bits per heavy atom. The van der Waals surface area contributed by atoms with Gasteiger partial charge in [-0.3, -0.25) is 4.79 Å². The topological polar surface area (TPSA) is 106 Å². The number of aryl methyl sites for hydroxylation is 1. The molecule has 0 radical (unpaired) electrons. The number of nitrogens with one attached hydrogen (secondary N) is 1. The van der Waals surface area contributed by atoms with E-state index in [1.807, 2.05) is 0 Å². The third-order valence-electron chi connectivity index (χ3n) is 3.94. The average molecular weight is 280 g/mol. The number of hydrogen-bond donors (Lipinski definition) is 3. The summed E-state index contributed by atoms with van der Waals surface area (Å²) in [5.74, 6) is -0.665. The van der Waals surface area contributed by atoms with Crippen molar-refractivity contribution in [1.29, 1.82) is 0 Å². The molecule has 1 amide bonds. The van der Waals surface area contributed by atoms with Crippen LogP contribution in [0.25, 0.3) is 0 Å². The van der Waals surface area contributed by atoms with Crippen LogP contribution in [0.4, 0.5) is 0 Å². The van der Waals surface area contributed by atoms with E-state index in [0.29, 0.717) is 18.3 Å². The molecule has 4 N–H and O–H groups in total. The fourth-order valence-corrected chi connectivity index (χ4v) is 2.64. The van der Waals surface area contributed by atoms with Crippen LogP contribution in [0.1, 0.15) is 47.6 Å². The van der Waals surface area contributed by atoms with E-state index in [1.165, 1.54) is 0 Å². The van der Waals surface area contributed by atoms with Crippen molar-refractivity contribution in [3.63, 3.8) is 0 Å². The molecule has 0 spiro atoms. The maximum Gasteiger partial charge on any atom is 0.371 e. The minimum atomic E-state index is -1.05. The first-order valence-electron chi connectivity index (χ1n) is 6.82. The highest BCUT2D eigenvalue weighted by Gasteiger charge is 2.24. The Morgan fingerprint density at radius 3 is 2.55 bits per heavy atom. The Bertz CT molecular complexity index is 501. The second kappa shape index (κ2) is 6.09. The summed E-state index contributed by atoms with van der Waals surface area (Å²) in [7, 11) is 0. The summed E-state index contributed by atoms with van der Waals surface area (Å²) in [5, 5.41) is 12.2. The molecule has 1 saturated carbocycles. The molecule has 0 bridgehead atoms. The van der Waals surface area contributed by atoms with Gasteiger partial charge >= 0.3 is 5.97 Å². The predicted molar refractivity (Wildman–Crippen MR) is 72.2 cm³/mol. The fraction of sp³-hybridized carbons (Fsp3) is 0.571. The van der Waals surface area contributed by atoms with Crippen molar-refractivity contribution in [1.82, 2.24) is 5.32 Å². The monoisotopic (exact) mass is 280 g/mol. The van der Waals surface area contributed by atoms with Crippen molar-refractivity contribution in [2.24, 2.45) is 11.7 Å². The largest absolute Gasteiger partial charge is 0.475 e. The van der Waals surface area contributed by atoms with Crippen LogP contribution in [0.3, 0.4) is 0 Å². The van der Waals surface area contributed by atoms with Gasteiger partial charge in [0.05, 0.1) is 0 Å². The van der Waals surface area contributed by atoms with E-state index < -0.39 is 5.97 Å². The van der Waals surface area contributed by atoms with Gasteiger partial charge in [0.15, 0.2) is 0 Å². The van der Waals surface area contributed by atoms with Crippen LogP contribution < -0.4 is 11.1 Å². The predicted octanol–water partition coefficient (Wildman–Crippen LogP) is 1.42. The number of carbonyl (C=O) groups excluding carboxylic acids is 1. The maximum absolute atomic E-state index is 11.1. The quantitative estimate of drug-likeness (QED) is 0.756. The first kappa shape index (κ1) is 14.6. The lowest BCUT2D eigenvalue weighted by Crippen LogP contribution is -2.36. The Morgan fingerprint density at radius 2 is 2.05 bits per heavy atom. The van der Waals surface area contributed by atoms with Crippen LogP contribution in [-0.4, -0.2) is 23.0 Å². The van der Waals surface area contributed by atoms with E-state index in [4.69, 9.17) is 15.3 Å². The third kappa shape index (κ3) is 3.39. The van der Waals surface area contributed by atoms with E-state index in [2.05, 4.69) is 5.32 Å². The van der Waals surface area contributed by atoms with Crippen molar-refractivity contribution in [2.45, 2.75) is 45.2 Å². The second-order valence-electron chi connectivity index (χ2n) is 5.33. The summed E-state index contributed by atoms with van der Waals surface area (Å²) >= 11 is 0. The van der Waals surface area contributed by atoms with Crippen LogP contribution in [-0.2, 0) is 11.3 Å². The molecule has 1 heterocycles. The highest BCUT2D eigenvalue weighted by atomic mass is 16.4. The molecule has 1 aromatic rings. The standard InChI is InChI=1S/C14H20N2O4/c1-8-10(6-12(20-8)14(18)19)7-16-11-4-2-9(3-5-11)13(15)17/h6,9,11,16H,2-5,7H2,1H3,(H2,15,17)(H,18,19). The molecule has 110 valence electrons. The molecule has 1 aromatic heterocycles. The lowest BCUT2D eigenvalue weighted by molar-refractivity contribution is -0.122. The Labute approximate surface area is 117 Å². The van der Waals surface area contributed by atoms with Crippen molar-refractivity contribution in [3.05, 3.63) is 23.2 Å². The molecule has 1 aliphatic rings.